The van der Waals surface area contributed by atoms with Crippen LogP contribution in [0, 0.1) is 0 Å². The number of methoxy groups -OCH3 is 1. The zero-order valence-corrected chi connectivity index (χ0v) is 9.06. The molecule has 0 saturated heterocycles. The van der Waals surface area contributed by atoms with Crippen LogP contribution in [0.5, 0.6) is 11.5 Å². The lowest BCUT2D eigenvalue weighted by Gasteiger charge is -2.12. The highest BCUT2D eigenvalue weighted by Gasteiger charge is 2.11. The maximum Gasteiger partial charge on any atom is 0.171 e. The van der Waals surface area contributed by atoms with Crippen LogP contribution in [0.1, 0.15) is 12.5 Å². The molecule has 0 atom stereocenters. The van der Waals surface area contributed by atoms with Crippen molar-refractivity contribution < 1.29 is 9.47 Å². The first-order valence-corrected chi connectivity index (χ1v) is 4.71. The van der Waals surface area contributed by atoms with Crippen LogP contribution in [0.3, 0.4) is 0 Å². The number of ether oxygens (including phenoxy) is 2. The summed E-state index contributed by atoms with van der Waals surface area (Å²) in [6, 6.07) is 5.46. The standard InChI is InChI=1S/C10H13NO2S/c1-3-13-9-7(10(11)14)5-4-6-8(9)12-2/h4-6H,3H2,1-2H3,(H2,11,14). The fourth-order valence-corrected chi connectivity index (χ4v) is 1.32. The van der Waals surface area contributed by atoms with Crippen LogP contribution in [0.4, 0.5) is 0 Å². The number of rotatable bonds is 4. The molecule has 14 heavy (non-hydrogen) atoms. The second-order valence-corrected chi connectivity index (χ2v) is 3.07. The second kappa shape index (κ2) is 4.81. The van der Waals surface area contributed by atoms with Gasteiger partial charge in [-0.05, 0) is 19.1 Å². The van der Waals surface area contributed by atoms with E-state index in [0.29, 0.717) is 28.7 Å². The van der Waals surface area contributed by atoms with Gasteiger partial charge in [-0.1, -0.05) is 18.3 Å². The molecule has 0 aromatic heterocycles. The lowest BCUT2D eigenvalue weighted by atomic mass is 10.2. The van der Waals surface area contributed by atoms with E-state index in [1.807, 2.05) is 25.1 Å². The molecule has 0 amide bonds. The van der Waals surface area contributed by atoms with E-state index in [4.69, 9.17) is 27.4 Å². The summed E-state index contributed by atoms with van der Waals surface area (Å²) in [5.41, 5.74) is 6.27. The Hall–Kier alpha value is -1.29. The zero-order valence-electron chi connectivity index (χ0n) is 8.24. The molecular weight excluding hydrogens is 198 g/mol. The molecule has 0 bridgehead atoms. The number of para-hydroxylation sites is 1. The summed E-state index contributed by atoms with van der Waals surface area (Å²) in [4.78, 5) is 0.312. The van der Waals surface area contributed by atoms with E-state index in [2.05, 4.69) is 0 Å². The van der Waals surface area contributed by atoms with Gasteiger partial charge in [0.15, 0.2) is 11.5 Å². The molecule has 3 nitrogen and oxygen atoms in total. The molecule has 0 heterocycles. The smallest absolute Gasteiger partial charge is 0.171 e. The van der Waals surface area contributed by atoms with Gasteiger partial charge in [0.1, 0.15) is 4.99 Å². The average Bonchev–Trinajstić information content (AvgIpc) is 2.18. The van der Waals surface area contributed by atoms with E-state index in [0.717, 1.165) is 0 Å². The Morgan fingerprint density at radius 3 is 2.71 bits per heavy atom. The van der Waals surface area contributed by atoms with Gasteiger partial charge < -0.3 is 15.2 Å². The van der Waals surface area contributed by atoms with Crippen LogP contribution < -0.4 is 15.2 Å². The van der Waals surface area contributed by atoms with Crippen molar-refractivity contribution in [1.82, 2.24) is 0 Å². The highest BCUT2D eigenvalue weighted by molar-refractivity contribution is 7.80. The van der Waals surface area contributed by atoms with E-state index in [1.54, 1.807) is 7.11 Å². The van der Waals surface area contributed by atoms with Gasteiger partial charge in [-0.25, -0.2) is 0 Å². The summed E-state index contributed by atoms with van der Waals surface area (Å²) in [6.07, 6.45) is 0. The predicted molar refractivity (Wildman–Crippen MR) is 60.1 cm³/mol. The number of nitrogens with two attached hydrogens (primary N) is 1. The molecule has 1 rings (SSSR count). The first-order chi connectivity index (χ1) is 6.70. The van der Waals surface area contributed by atoms with Crippen molar-refractivity contribution >= 4 is 17.2 Å². The van der Waals surface area contributed by atoms with Crippen LogP contribution in [-0.4, -0.2) is 18.7 Å². The van der Waals surface area contributed by atoms with Gasteiger partial charge in [-0.2, -0.15) is 0 Å². The highest BCUT2D eigenvalue weighted by atomic mass is 32.1. The normalized spacial score (nSPS) is 9.57. The Morgan fingerprint density at radius 1 is 1.50 bits per heavy atom. The molecule has 2 N–H and O–H groups in total. The second-order valence-electron chi connectivity index (χ2n) is 2.63. The predicted octanol–water partition coefficient (Wildman–Crippen LogP) is 1.73. The summed E-state index contributed by atoms with van der Waals surface area (Å²) in [6.45, 7) is 2.45. The molecular formula is C10H13NO2S. The van der Waals surface area contributed by atoms with Crippen LogP contribution in [-0.2, 0) is 0 Å². The van der Waals surface area contributed by atoms with Gasteiger partial charge >= 0.3 is 0 Å². The van der Waals surface area contributed by atoms with Gasteiger partial charge in [-0.15, -0.1) is 0 Å². The maximum absolute atomic E-state index is 5.56. The molecule has 0 spiro atoms. The van der Waals surface area contributed by atoms with Crippen molar-refractivity contribution in [2.75, 3.05) is 13.7 Å². The quantitative estimate of drug-likeness (QED) is 0.770. The molecule has 0 aliphatic rings. The van der Waals surface area contributed by atoms with Gasteiger partial charge in [0.2, 0.25) is 0 Å². The maximum atomic E-state index is 5.56. The van der Waals surface area contributed by atoms with Crippen LogP contribution >= 0.6 is 12.2 Å². The Bertz CT molecular complexity index is 339. The molecule has 0 aliphatic carbocycles. The minimum absolute atomic E-state index is 0.312. The van der Waals surface area contributed by atoms with Crippen LogP contribution in [0.15, 0.2) is 18.2 Å². The molecule has 0 aliphatic heterocycles. The highest BCUT2D eigenvalue weighted by Crippen LogP contribution is 2.30. The van der Waals surface area contributed by atoms with Gasteiger partial charge in [0, 0.05) is 0 Å². The van der Waals surface area contributed by atoms with Crippen molar-refractivity contribution in [2.24, 2.45) is 5.73 Å². The number of hydrogen-bond acceptors (Lipinski definition) is 3. The first kappa shape index (κ1) is 10.8. The molecule has 0 fully saturated rings. The van der Waals surface area contributed by atoms with Crippen molar-refractivity contribution in [3.8, 4) is 11.5 Å². The third kappa shape index (κ3) is 2.14. The summed E-state index contributed by atoms with van der Waals surface area (Å²) in [5.74, 6) is 1.27. The number of thiocarbonyl (C=S) groups is 1. The van der Waals surface area contributed by atoms with Crippen molar-refractivity contribution in [1.29, 1.82) is 0 Å². The Balaban J connectivity index is 3.20. The lowest BCUT2D eigenvalue weighted by Crippen LogP contribution is -2.12. The molecule has 4 heteroatoms. The Labute approximate surface area is 88.8 Å². The Morgan fingerprint density at radius 2 is 2.21 bits per heavy atom. The molecule has 1 aromatic rings. The van der Waals surface area contributed by atoms with Crippen molar-refractivity contribution in [3.05, 3.63) is 23.8 Å². The largest absolute Gasteiger partial charge is 0.493 e. The zero-order chi connectivity index (χ0) is 10.6. The van der Waals surface area contributed by atoms with Crippen molar-refractivity contribution in [2.45, 2.75) is 6.92 Å². The monoisotopic (exact) mass is 211 g/mol. The molecule has 0 saturated carbocycles. The minimum Gasteiger partial charge on any atom is -0.493 e. The summed E-state index contributed by atoms with van der Waals surface area (Å²) < 4.78 is 10.6. The summed E-state index contributed by atoms with van der Waals surface area (Å²) in [7, 11) is 1.58. The number of hydrogen-bond donors (Lipinski definition) is 1. The van der Waals surface area contributed by atoms with E-state index < -0.39 is 0 Å². The third-order valence-corrected chi connectivity index (χ3v) is 1.97. The van der Waals surface area contributed by atoms with E-state index in [1.165, 1.54) is 0 Å². The minimum atomic E-state index is 0.312. The van der Waals surface area contributed by atoms with Crippen molar-refractivity contribution in [3.63, 3.8) is 0 Å². The lowest BCUT2D eigenvalue weighted by molar-refractivity contribution is 0.310. The summed E-state index contributed by atoms with van der Waals surface area (Å²) >= 11 is 4.91. The fraction of sp³-hybridized carbons (Fsp3) is 0.300. The molecule has 1 aromatic carbocycles. The van der Waals surface area contributed by atoms with E-state index in [9.17, 15) is 0 Å². The number of benzene rings is 1. The third-order valence-electron chi connectivity index (χ3n) is 1.75. The van der Waals surface area contributed by atoms with Gasteiger partial charge in [0.25, 0.3) is 0 Å². The Kier molecular flexibility index (Phi) is 3.71. The van der Waals surface area contributed by atoms with Gasteiger partial charge in [0.05, 0.1) is 19.3 Å². The van der Waals surface area contributed by atoms with E-state index >= 15 is 0 Å². The first-order valence-electron chi connectivity index (χ1n) is 4.30. The summed E-state index contributed by atoms with van der Waals surface area (Å²) in [5, 5.41) is 0. The van der Waals surface area contributed by atoms with E-state index in [-0.39, 0.29) is 0 Å². The topological polar surface area (TPSA) is 44.5 Å². The van der Waals surface area contributed by atoms with Crippen LogP contribution in [0.2, 0.25) is 0 Å². The molecule has 0 radical (unpaired) electrons. The fourth-order valence-electron chi connectivity index (χ4n) is 1.16. The van der Waals surface area contributed by atoms with Gasteiger partial charge in [-0.3, -0.25) is 0 Å². The van der Waals surface area contributed by atoms with Crippen LogP contribution in [0.25, 0.3) is 0 Å². The SMILES string of the molecule is CCOc1c(OC)cccc1C(N)=S. The molecule has 0 unspecified atom stereocenters. The average molecular weight is 211 g/mol. The molecule has 76 valence electrons.